The average molecular weight is 255 g/mol. The van der Waals surface area contributed by atoms with Crippen molar-refractivity contribution >= 4 is 5.91 Å². The summed E-state index contributed by atoms with van der Waals surface area (Å²) in [5.41, 5.74) is 5.24. The standard InChI is InChI=1S/C10H20F3N3O/c1-16(8-10(11,12)13)7-3-6-15-9(17)4-2-5-14/h2-8,14H2,1H3,(H,15,17). The number of rotatable bonds is 8. The van der Waals surface area contributed by atoms with Crippen LogP contribution in [0.3, 0.4) is 0 Å². The molecular weight excluding hydrogens is 235 g/mol. The van der Waals surface area contributed by atoms with Gasteiger partial charge in [0.15, 0.2) is 0 Å². The summed E-state index contributed by atoms with van der Waals surface area (Å²) in [6, 6.07) is 0. The quantitative estimate of drug-likeness (QED) is 0.628. The molecule has 0 heterocycles. The molecule has 3 N–H and O–H groups in total. The average Bonchev–Trinajstić information content (AvgIpc) is 2.19. The summed E-state index contributed by atoms with van der Waals surface area (Å²) < 4.78 is 35.9. The summed E-state index contributed by atoms with van der Waals surface area (Å²) in [5, 5.41) is 2.63. The molecule has 0 radical (unpaired) electrons. The van der Waals surface area contributed by atoms with Crippen LogP contribution in [-0.2, 0) is 4.79 Å². The minimum absolute atomic E-state index is 0.103. The molecule has 0 rings (SSSR count). The van der Waals surface area contributed by atoms with E-state index < -0.39 is 12.7 Å². The molecule has 0 bridgehead atoms. The number of alkyl halides is 3. The van der Waals surface area contributed by atoms with E-state index in [0.717, 1.165) is 0 Å². The summed E-state index contributed by atoms with van der Waals surface area (Å²) in [5.74, 6) is -0.103. The van der Waals surface area contributed by atoms with Crippen LogP contribution >= 0.6 is 0 Å². The van der Waals surface area contributed by atoms with Gasteiger partial charge in [-0.3, -0.25) is 9.69 Å². The molecule has 0 aromatic heterocycles. The SMILES string of the molecule is CN(CCCNC(=O)CCCN)CC(F)(F)F. The first-order valence-corrected chi connectivity index (χ1v) is 5.57. The molecule has 0 saturated heterocycles. The molecule has 0 spiro atoms. The molecule has 7 heteroatoms. The molecular formula is C10H20F3N3O. The fourth-order valence-electron chi connectivity index (χ4n) is 1.31. The zero-order valence-corrected chi connectivity index (χ0v) is 10.0. The maximum Gasteiger partial charge on any atom is 0.401 e. The Hall–Kier alpha value is -0.820. The highest BCUT2D eigenvalue weighted by atomic mass is 19.4. The minimum atomic E-state index is -4.17. The first-order chi connectivity index (χ1) is 7.85. The molecule has 0 aromatic rings. The molecule has 0 aliphatic carbocycles. The van der Waals surface area contributed by atoms with E-state index >= 15 is 0 Å². The first kappa shape index (κ1) is 16.2. The lowest BCUT2D eigenvalue weighted by molar-refractivity contribution is -0.143. The van der Waals surface area contributed by atoms with Crippen molar-refractivity contribution in [3.05, 3.63) is 0 Å². The van der Waals surface area contributed by atoms with Gasteiger partial charge in [-0.2, -0.15) is 13.2 Å². The highest BCUT2D eigenvalue weighted by Crippen LogP contribution is 2.15. The van der Waals surface area contributed by atoms with Gasteiger partial charge in [0.05, 0.1) is 6.54 Å². The molecule has 1 amide bonds. The molecule has 0 unspecified atom stereocenters. The summed E-state index contributed by atoms with van der Waals surface area (Å²) in [6.07, 6.45) is -2.67. The summed E-state index contributed by atoms with van der Waals surface area (Å²) in [6.45, 7) is 0.234. The summed E-state index contributed by atoms with van der Waals surface area (Å²) in [4.78, 5) is 12.3. The van der Waals surface area contributed by atoms with Crippen molar-refractivity contribution in [2.24, 2.45) is 5.73 Å². The lowest BCUT2D eigenvalue weighted by Crippen LogP contribution is -2.33. The predicted molar refractivity (Wildman–Crippen MR) is 59.5 cm³/mol. The van der Waals surface area contributed by atoms with Gasteiger partial charge in [0.2, 0.25) is 5.91 Å². The smallest absolute Gasteiger partial charge is 0.356 e. The number of nitrogens with one attached hydrogen (secondary N) is 1. The zero-order chi connectivity index (χ0) is 13.3. The monoisotopic (exact) mass is 255 g/mol. The number of nitrogens with zero attached hydrogens (tertiary/aromatic N) is 1. The van der Waals surface area contributed by atoms with Gasteiger partial charge >= 0.3 is 6.18 Å². The molecule has 0 fully saturated rings. The maximum absolute atomic E-state index is 12.0. The van der Waals surface area contributed by atoms with E-state index in [-0.39, 0.29) is 5.91 Å². The van der Waals surface area contributed by atoms with Crippen LogP contribution in [0.25, 0.3) is 0 Å². The van der Waals surface area contributed by atoms with Gasteiger partial charge in [0, 0.05) is 13.0 Å². The van der Waals surface area contributed by atoms with E-state index in [9.17, 15) is 18.0 Å². The highest BCUT2D eigenvalue weighted by molar-refractivity contribution is 5.75. The fourth-order valence-corrected chi connectivity index (χ4v) is 1.31. The van der Waals surface area contributed by atoms with Crippen LogP contribution in [0.4, 0.5) is 13.2 Å². The number of hydrogen-bond donors (Lipinski definition) is 2. The topological polar surface area (TPSA) is 58.4 Å². The second-order valence-corrected chi connectivity index (χ2v) is 3.95. The number of amides is 1. The van der Waals surface area contributed by atoms with Crippen LogP contribution in [-0.4, -0.2) is 50.2 Å². The Morgan fingerprint density at radius 3 is 2.53 bits per heavy atom. The summed E-state index contributed by atoms with van der Waals surface area (Å²) >= 11 is 0. The number of carbonyl (C=O) groups excluding carboxylic acids is 1. The van der Waals surface area contributed by atoms with Crippen molar-refractivity contribution in [2.45, 2.75) is 25.4 Å². The second kappa shape index (κ2) is 8.30. The number of carbonyl (C=O) groups is 1. The van der Waals surface area contributed by atoms with Gasteiger partial charge in [-0.25, -0.2) is 0 Å². The summed E-state index contributed by atoms with van der Waals surface area (Å²) in [7, 11) is 1.41. The van der Waals surface area contributed by atoms with E-state index in [1.54, 1.807) is 0 Å². The Bertz CT molecular complexity index is 221. The van der Waals surface area contributed by atoms with E-state index in [0.29, 0.717) is 38.9 Å². The van der Waals surface area contributed by atoms with E-state index in [2.05, 4.69) is 5.32 Å². The van der Waals surface area contributed by atoms with Crippen molar-refractivity contribution in [3.8, 4) is 0 Å². The Morgan fingerprint density at radius 1 is 1.35 bits per heavy atom. The van der Waals surface area contributed by atoms with Crippen LogP contribution in [0.5, 0.6) is 0 Å². The van der Waals surface area contributed by atoms with Gasteiger partial charge in [-0.05, 0) is 33.0 Å². The van der Waals surface area contributed by atoms with E-state index in [1.807, 2.05) is 0 Å². The van der Waals surface area contributed by atoms with Crippen molar-refractivity contribution in [1.82, 2.24) is 10.2 Å². The van der Waals surface area contributed by atoms with E-state index in [1.165, 1.54) is 11.9 Å². The van der Waals surface area contributed by atoms with Crippen LogP contribution in [0.2, 0.25) is 0 Å². The fraction of sp³-hybridized carbons (Fsp3) is 0.900. The predicted octanol–water partition coefficient (Wildman–Crippen LogP) is 0.726. The minimum Gasteiger partial charge on any atom is -0.356 e. The Kier molecular flexibility index (Phi) is 7.90. The molecule has 0 atom stereocenters. The normalized spacial score (nSPS) is 11.9. The largest absolute Gasteiger partial charge is 0.401 e. The molecule has 17 heavy (non-hydrogen) atoms. The molecule has 4 nitrogen and oxygen atoms in total. The third kappa shape index (κ3) is 11.4. The van der Waals surface area contributed by atoms with Crippen molar-refractivity contribution in [1.29, 1.82) is 0 Å². The molecule has 0 aromatic carbocycles. The number of nitrogens with two attached hydrogens (primary N) is 1. The number of halogens is 3. The van der Waals surface area contributed by atoms with Crippen LogP contribution < -0.4 is 11.1 Å². The van der Waals surface area contributed by atoms with Crippen molar-refractivity contribution < 1.29 is 18.0 Å². The van der Waals surface area contributed by atoms with Gasteiger partial charge in [-0.1, -0.05) is 0 Å². The van der Waals surface area contributed by atoms with Crippen LogP contribution in [0.1, 0.15) is 19.3 Å². The lowest BCUT2D eigenvalue weighted by atomic mass is 10.3. The molecule has 102 valence electrons. The molecule has 0 aliphatic heterocycles. The van der Waals surface area contributed by atoms with Gasteiger partial charge < -0.3 is 11.1 Å². The third-order valence-corrected chi connectivity index (χ3v) is 2.10. The molecule has 0 aliphatic rings. The van der Waals surface area contributed by atoms with Gasteiger partial charge in [-0.15, -0.1) is 0 Å². The van der Waals surface area contributed by atoms with Gasteiger partial charge in [0.25, 0.3) is 0 Å². The number of hydrogen-bond acceptors (Lipinski definition) is 3. The Labute approximate surface area is 99.3 Å². The second-order valence-electron chi connectivity index (χ2n) is 3.95. The van der Waals surface area contributed by atoms with Crippen molar-refractivity contribution in [2.75, 3.05) is 33.2 Å². The highest BCUT2D eigenvalue weighted by Gasteiger charge is 2.28. The zero-order valence-electron chi connectivity index (χ0n) is 10.0. The Morgan fingerprint density at radius 2 is 2.00 bits per heavy atom. The van der Waals surface area contributed by atoms with Crippen LogP contribution in [0.15, 0.2) is 0 Å². The van der Waals surface area contributed by atoms with Gasteiger partial charge in [0.1, 0.15) is 0 Å². The van der Waals surface area contributed by atoms with Crippen molar-refractivity contribution in [3.63, 3.8) is 0 Å². The maximum atomic E-state index is 12.0. The Balaban J connectivity index is 3.48. The lowest BCUT2D eigenvalue weighted by Gasteiger charge is -2.18. The third-order valence-electron chi connectivity index (χ3n) is 2.10. The van der Waals surface area contributed by atoms with Crippen LogP contribution in [0, 0.1) is 0 Å². The van der Waals surface area contributed by atoms with E-state index in [4.69, 9.17) is 5.73 Å². The first-order valence-electron chi connectivity index (χ1n) is 5.57. The molecule has 0 saturated carbocycles.